The third-order valence-electron chi connectivity index (χ3n) is 4.18. The Balaban J connectivity index is 1.59. The molecule has 4 aromatic rings. The molecule has 0 saturated carbocycles. The summed E-state index contributed by atoms with van der Waals surface area (Å²) in [7, 11) is 0. The second-order valence-corrected chi connectivity index (χ2v) is 6.02. The van der Waals surface area contributed by atoms with Crippen molar-refractivity contribution in [3.05, 3.63) is 102 Å². The van der Waals surface area contributed by atoms with E-state index in [0.717, 1.165) is 23.2 Å². The molecule has 0 atom stereocenters. The Kier molecular flexibility index (Phi) is 4.39. The zero-order valence-corrected chi connectivity index (χ0v) is 14.1. The molecular weight excluding hydrogens is 322 g/mol. The van der Waals surface area contributed by atoms with Gasteiger partial charge in [-0.2, -0.15) is 0 Å². The molecule has 3 aromatic carbocycles. The van der Waals surface area contributed by atoms with Gasteiger partial charge in [-0.3, -0.25) is 9.78 Å². The fraction of sp³-hybridized carbons (Fsp3) is 0.0455. The first-order valence-electron chi connectivity index (χ1n) is 8.44. The molecule has 26 heavy (non-hydrogen) atoms. The van der Waals surface area contributed by atoms with Crippen LogP contribution in [0, 0.1) is 0 Å². The Morgan fingerprint density at radius 1 is 0.808 bits per heavy atom. The average Bonchev–Trinajstić information content (AvgIpc) is 2.70. The number of amides is 1. The van der Waals surface area contributed by atoms with Gasteiger partial charge in [-0.05, 0) is 35.7 Å². The lowest BCUT2D eigenvalue weighted by Gasteiger charge is -2.11. The van der Waals surface area contributed by atoms with Crippen molar-refractivity contribution in [2.45, 2.75) is 6.42 Å². The Morgan fingerprint density at radius 3 is 2.35 bits per heavy atom. The van der Waals surface area contributed by atoms with E-state index in [1.54, 1.807) is 0 Å². The molecule has 0 fully saturated rings. The van der Waals surface area contributed by atoms with Crippen LogP contribution in [0.25, 0.3) is 11.0 Å². The van der Waals surface area contributed by atoms with E-state index in [0.29, 0.717) is 11.2 Å². The highest BCUT2D eigenvalue weighted by Crippen LogP contribution is 2.20. The summed E-state index contributed by atoms with van der Waals surface area (Å²) in [5.74, 6) is -0.260. The normalized spacial score (nSPS) is 10.6. The maximum absolute atomic E-state index is 12.6. The highest BCUT2D eigenvalue weighted by atomic mass is 16.1. The Morgan fingerprint density at radius 2 is 1.50 bits per heavy atom. The molecule has 4 heteroatoms. The van der Waals surface area contributed by atoms with Crippen LogP contribution in [0.1, 0.15) is 21.6 Å². The van der Waals surface area contributed by atoms with Gasteiger partial charge >= 0.3 is 0 Å². The van der Waals surface area contributed by atoms with Gasteiger partial charge in [0.1, 0.15) is 5.69 Å². The number of aromatic nitrogens is 2. The van der Waals surface area contributed by atoms with E-state index in [1.165, 1.54) is 11.8 Å². The van der Waals surface area contributed by atoms with E-state index < -0.39 is 0 Å². The van der Waals surface area contributed by atoms with Gasteiger partial charge in [-0.1, -0.05) is 60.7 Å². The third kappa shape index (κ3) is 3.44. The number of rotatable bonds is 4. The molecule has 0 aliphatic rings. The molecular formula is C22H17N3O. The molecule has 4 nitrogen and oxygen atoms in total. The fourth-order valence-corrected chi connectivity index (χ4v) is 2.87. The number of carbonyl (C=O) groups excluding carboxylic acids is 1. The molecule has 0 radical (unpaired) electrons. The lowest BCUT2D eigenvalue weighted by Crippen LogP contribution is -2.15. The van der Waals surface area contributed by atoms with E-state index in [4.69, 9.17) is 0 Å². The number of nitrogens with zero attached hydrogens (tertiary/aromatic N) is 2. The number of fused-ring (bicyclic) bond motifs is 1. The van der Waals surface area contributed by atoms with Crippen molar-refractivity contribution in [3.8, 4) is 0 Å². The number of hydrogen-bond acceptors (Lipinski definition) is 3. The van der Waals surface area contributed by atoms with Crippen molar-refractivity contribution in [2.75, 3.05) is 5.32 Å². The van der Waals surface area contributed by atoms with Crippen LogP contribution < -0.4 is 5.32 Å². The molecule has 0 bridgehead atoms. The number of hydrogen-bond donors (Lipinski definition) is 1. The van der Waals surface area contributed by atoms with E-state index in [1.807, 2.05) is 66.7 Å². The minimum Gasteiger partial charge on any atom is -0.320 e. The van der Waals surface area contributed by atoms with Crippen LogP contribution in [0.5, 0.6) is 0 Å². The molecule has 0 unspecified atom stereocenters. The largest absolute Gasteiger partial charge is 0.320 e. The van der Waals surface area contributed by atoms with Gasteiger partial charge < -0.3 is 5.32 Å². The monoisotopic (exact) mass is 339 g/mol. The number of carbonyl (C=O) groups is 1. The van der Waals surface area contributed by atoms with Crippen molar-refractivity contribution in [1.29, 1.82) is 0 Å². The van der Waals surface area contributed by atoms with Gasteiger partial charge in [-0.15, -0.1) is 0 Å². The van der Waals surface area contributed by atoms with Crippen molar-refractivity contribution >= 4 is 22.6 Å². The lowest BCUT2D eigenvalue weighted by atomic mass is 10.0. The highest BCUT2D eigenvalue weighted by Gasteiger charge is 2.12. The minimum absolute atomic E-state index is 0.260. The average molecular weight is 339 g/mol. The van der Waals surface area contributed by atoms with Gasteiger partial charge in [0, 0.05) is 5.69 Å². The van der Waals surface area contributed by atoms with Crippen LogP contribution in [-0.2, 0) is 6.42 Å². The summed E-state index contributed by atoms with van der Waals surface area (Å²) in [6.07, 6.45) is 2.26. The summed E-state index contributed by atoms with van der Waals surface area (Å²) in [4.78, 5) is 21.4. The van der Waals surface area contributed by atoms with Gasteiger partial charge in [-0.25, -0.2) is 4.98 Å². The molecule has 0 aliphatic heterocycles. The third-order valence-corrected chi connectivity index (χ3v) is 4.18. The van der Waals surface area contributed by atoms with Gasteiger partial charge in [0.2, 0.25) is 0 Å². The Bertz CT molecular complexity index is 1060. The molecule has 1 aromatic heterocycles. The fourth-order valence-electron chi connectivity index (χ4n) is 2.87. The number of anilines is 1. The molecule has 0 saturated heterocycles. The van der Waals surface area contributed by atoms with E-state index in [2.05, 4.69) is 27.4 Å². The van der Waals surface area contributed by atoms with Crippen molar-refractivity contribution in [1.82, 2.24) is 9.97 Å². The van der Waals surface area contributed by atoms with Crippen molar-refractivity contribution in [2.24, 2.45) is 0 Å². The quantitative estimate of drug-likeness (QED) is 0.597. The molecule has 1 N–H and O–H groups in total. The van der Waals surface area contributed by atoms with E-state index in [9.17, 15) is 4.79 Å². The minimum atomic E-state index is -0.260. The maximum Gasteiger partial charge on any atom is 0.275 e. The van der Waals surface area contributed by atoms with Crippen molar-refractivity contribution < 1.29 is 4.79 Å². The van der Waals surface area contributed by atoms with E-state index >= 15 is 0 Å². The molecule has 4 rings (SSSR count). The molecule has 0 spiro atoms. The zero-order valence-electron chi connectivity index (χ0n) is 14.1. The Labute approximate surface area is 151 Å². The maximum atomic E-state index is 12.6. The van der Waals surface area contributed by atoms with Crippen LogP contribution in [0.2, 0.25) is 0 Å². The summed E-state index contributed by atoms with van der Waals surface area (Å²) in [6.45, 7) is 0. The number of nitrogens with one attached hydrogen (secondary N) is 1. The van der Waals surface area contributed by atoms with Crippen LogP contribution in [0.3, 0.4) is 0 Å². The first kappa shape index (κ1) is 16.0. The smallest absolute Gasteiger partial charge is 0.275 e. The Hall–Kier alpha value is -3.53. The number of para-hydroxylation sites is 3. The molecule has 1 amide bonds. The lowest BCUT2D eigenvalue weighted by molar-refractivity contribution is 0.102. The topological polar surface area (TPSA) is 54.9 Å². The predicted molar refractivity (Wildman–Crippen MR) is 103 cm³/mol. The molecule has 126 valence electrons. The van der Waals surface area contributed by atoms with Gasteiger partial charge in [0.25, 0.3) is 5.91 Å². The summed E-state index contributed by atoms with van der Waals surface area (Å²) >= 11 is 0. The van der Waals surface area contributed by atoms with Gasteiger partial charge in [0.05, 0.1) is 17.2 Å². The zero-order chi connectivity index (χ0) is 17.8. The van der Waals surface area contributed by atoms with Crippen LogP contribution in [0.15, 0.2) is 85.1 Å². The van der Waals surface area contributed by atoms with Crippen LogP contribution in [0.4, 0.5) is 5.69 Å². The predicted octanol–water partition coefficient (Wildman–Crippen LogP) is 4.47. The highest BCUT2D eigenvalue weighted by molar-refractivity contribution is 6.03. The van der Waals surface area contributed by atoms with Gasteiger partial charge in [0.15, 0.2) is 0 Å². The second kappa shape index (κ2) is 7.15. The van der Waals surface area contributed by atoms with Crippen LogP contribution >= 0.6 is 0 Å². The molecule has 1 heterocycles. The second-order valence-electron chi connectivity index (χ2n) is 6.02. The number of benzene rings is 3. The van der Waals surface area contributed by atoms with Crippen LogP contribution in [-0.4, -0.2) is 15.9 Å². The summed E-state index contributed by atoms with van der Waals surface area (Å²) in [5, 5.41) is 2.97. The first-order chi connectivity index (χ1) is 12.8. The SMILES string of the molecule is O=C(Nc1ccccc1Cc1ccccc1)c1cnc2ccccc2n1. The first-order valence-corrected chi connectivity index (χ1v) is 8.44. The standard InChI is InChI=1S/C22H17N3O/c26-22(21-15-23-19-12-6-7-13-20(19)24-21)25-18-11-5-4-10-17(18)14-16-8-2-1-3-9-16/h1-13,15H,14H2,(H,25,26). The summed E-state index contributed by atoms with van der Waals surface area (Å²) in [5.41, 5.74) is 4.82. The van der Waals surface area contributed by atoms with E-state index in [-0.39, 0.29) is 5.91 Å². The van der Waals surface area contributed by atoms with Crippen molar-refractivity contribution in [3.63, 3.8) is 0 Å². The summed E-state index contributed by atoms with van der Waals surface area (Å²) in [6, 6.07) is 25.5. The molecule has 0 aliphatic carbocycles. The summed E-state index contributed by atoms with van der Waals surface area (Å²) < 4.78 is 0.